The van der Waals surface area contributed by atoms with E-state index in [9.17, 15) is 9.18 Å². The Kier molecular flexibility index (Phi) is 7.24. The van der Waals surface area contributed by atoms with Gasteiger partial charge in [0.15, 0.2) is 11.5 Å². The number of hydrogen-bond donors (Lipinski definition) is 2. The summed E-state index contributed by atoms with van der Waals surface area (Å²) >= 11 is 13.4. The number of pyridine rings is 1. The second-order valence-corrected chi connectivity index (χ2v) is 9.29. The van der Waals surface area contributed by atoms with E-state index < -0.39 is 17.8 Å². The molecule has 1 amide bonds. The van der Waals surface area contributed by atoms with Gasteiger partial charge in [0.25, 0.3) is 5.91 Å². The van der Waals surface area contributed by atoms with E-state index in [1.54, 1.807) is 29.1 Å². The van der Waals surface area contributed by atoms with Crippen LogP contribution in [0.3, 0.4) is 0 Å². The van der Waals surface area contributed by atoms with E-state index in [0.29, 0.717) is 68.3 Å². The summed E-state index contributed by atoms with van der Waals surface area (Å²) in [5.74, 6) is -0.813. The second-order valence-electron chi connectivity index (χ2n) is 8.53. The third-order valence-corrected chi connectivity index (χ3v) is 7.03. The van der Waals surface area contributed by atoms with Crippen molar-refractivity contribution in [1.29, 1.82) is 0 Å². The minimum atomic E-state index is -1.05. The molecule has 4 aromatic rings. The van der Waals surface area contributed by atoms with Crippen molar-refractivity contribution in [2.24, 2.45) is 0 Å². The number of nitrogens with one attached hydrogen (secondary N) is 2. The molecule has 13 heteroatoms. The van der Waals surface area contributed by atoms with Gasteiger partial charge in [-0.1, -0.05) is 29.8 Å². The molecule has 10 nitrogen and oxygen atoms in total. The van der Waals surface area contributed by atoms with Gasteiger partial charge in [0.2, 0.25) is 5.95 Å². The van der Waals surface area contributed by atoms with Crippen LogP contribution in [0.25, 0.3) is 27.8 Å². The Bertz CT molecular complexity index is 1530. The number of amides is 1. The predicted molar refractivity (Wildman–Crippen MR) is 142 cm³/mol. The average Bonchev–Trinajstić information content (AvgIpc) is 3.41. The number of imidazole rings is 1. The molecule has 1 fully saturated rings. The van der Waals surface area contributed by atoms with E-state index in [1.807, 2.05) is 6.07 Å². The van der Waals surface area contributed by atoms with E-state index in [4.69, 9.17) is 42.4 Å². The van der Waals surface area contributed by atoms with Crippen molar-refractivity contribution in [3.05, 3.63) is 53.2 Å². The number of hydrogen-bond acceptors (Lipinski definition) is 8. The summed E-state index contributed by atoms with van der Waals surface area (Å²) in [5, 5.41) is 7.13. The van der Waals surface area contributed by atoms with Crippen LogP contribution in [-0.4, -0.2) is 64.8 Å². The summed E-state index contributed by atoms with van der Waals surface area (Å²) in [4.78, 5) is 25.5. The van der Waals surface area contributed by atoms with E-state index in [-0.39, 0.29) is 12.6 Å². The molecule has 0 saturated carbocycles. The smallest absolute Gasteiger partial charge is 0.279 e. The molecule has 2 N–H and O–H groups in total. The van der Waals surface area contributed by atoms with Crippen molar-refractivity contribution in [1.82, 2.24) is 24.7 Å². The van der Waals surface area contributed by atoms with E-state index >= 15 is 0 Å². The van der Waals surface area contributed by atoms with Gasteiger partial charge in [-0.25, -0.2) is 14.4 Å². The fraction of sp³-hybridized carbons (Fsp3) is 0.280. The number of aromatic nitrogens is 4. The van der Waals surface area contributed by atoms with Gasteiger partial charge in [0.1, 0.15) is 17.1 Å². The Balaban J connectivity index is 1.56. The molecule has 0 bridgehead atoms. The van der Waals surface area contributed by atoms with Crippen molar-refractivity contribution >= 4 is 51.7 Å². The van der Waals surface area contributed by atoms with Crippen LogP contribution in [0.5, 0.6) is 11.5 Å². The first-order valence-corrected chi connectivity index (χ1v) is 12.3. The molecule has 38 heavy (non-hydrogen) atoms. The fourth-order valence-corrected chi connectivity index (χ4v) is 5.12. The maximum atomic E-state index is 13.3. The van der Waals surface area contributed by atoms with Crippen molar-refractivity contribution in [2.75, 3.05) is 32.8 Å². The number of halogens is 3. The van der Waals surface area contributed by atoms with Gasteiger partial charge in [-0.2, -0.15) is 4.98 Å². The van der Waals surface area contributed by atoms with Crippen molar-refractivity contribution in [3.63, 3.8) is 0 Å². The second kappa shape index (κ2) is 10.6. The molecular formula is C25H23Cl2FN6O4. The van der Waals surface area contributed by atoms with Gasteiger partial charge in [-0.15, -0.1) is 0 Å². The molecule has 1 saturated heterocycles. The quantitative estimate of drug-likeness (QED) is 0.319. The topological polar surface area (TPSA) is 112 Å². The molecule has 0 unspecified atom stereocenters. The van der Waals surface area contributed by atoms with Crippen molar-refractivity contribution < 1.29 is 23.4 Å². The summed E-state index contributed by atoms with van der Waals surface area (Å²) in [7, 11) is 3.01. The predicted octanol–water partition coefficient (Wildman–Crippen LogP) is 4.44. The Morgan fingerprint density at radius 1 is 1.16 bits per heavy atom. The number of fused-ring (bicyclic) bond motifs is 3. The normalized spacial score (nSPS) is 17.4. The van der Waals surface area contributed by atoms with Crippen molar-refractivity contribution in [2.45, 2.75) is 18.5 Å². The highest BCUT2D eigenvalue weighted by molar-refractivity contribution is 6.41. The average molecular weight is 561 g/mol. The minimum Gasteiger partial charge on any atom is -0.495 e. The highest BCUT2D eigenvalue weighted by atomic mass is 35.5. The Labute approximate surface area is 226 Å². The number of carbonyl (C=O) groups excluding carboxylic acids is 1. The van der Waals surface area contributed by atoms with Crippen LogP contribution in [-0.2, 0) is 9.53 Å². The summed E-state index contributed by atoms with van der Waals surface area (Å²) in [6, 6.07) is 2.68. The maximum absolute atomic E-state index is 13.3. The monoisotopic (exact) mass is 560 g/mol. The largest absolute Gasteiger partial charge is 0.495 e. The van der Waals surface area contributed by atoms with Crippen LogP contribution in [0.2, 0.25) is 10.0 Å². The van der Waals surface area contributed by atoms with Gasteiger partial charge in [0.05, 0.1) is 43.0 Å². The third-order valence-electron chi connectivity index (χ3n) is 6.28. The Morgan fingerprint density at radius 2 is 1.89 bits per heavy atom. The number of carbonyl (C=O) groups is 1. The molecule has 2 atom stereocenters. The van der Waals surface area contributed by atoms with Gasteiger partial charge in [-0.05, 0) is 12.5 Å². The summed E-state index contributed by atoms with van der Waals surface area (Å²) in [5.41, 5.74) is 2.25. The van der Waals surface area contributed by atoms with E-state index in [0.717, 1.165) is 0 Å². The van der Waals surface area contributed by atoms with Crippen LogP contribution in [0.4, 0.5) is 10.3 Å². The number of benzene rings is 1. The molecule has 1 aromatic carbocycles. The lowest BCUT2D eigenvalue weighted by Gasteiger charge is -2.32. The molecular weight excluding hydrogens is 538 g/mol. The lowest BCUT2D eigenvalue weighted by molar-refractivity contribution is -0.120. The van der Waals surface area contributed by atoms with E-state index in [2.05, 4.69) is 27.2 Å². The fourth-order valence-electron chi connectivity index (χ4n) is 4.41. The maximum Gasteiger partial charge on any atom is 0.279 e. The van der Waals surface area contributed by atoms with Gasteiger partial charge in [-0.3, -0.25) is 9.20 Å². The molecule has 0 aliphatic carbocycles. The van der Waals surface area contributed by atoms with Crippen LogP contribution in [0.15, 0.2) is 43.1 Å². The first kappa shape index (κ1) is 26.0. The summed E-state index contributed by atoms with van der Waals surface area (Å²) < 4.78 is 31.5. The van der Waals surface area contributed by atoms with Crippen LogP contribution in [0, 0.1) is 0 Å². The zero-order valence-corrected chi connectivity index (χ0v) is 21.9. The standard InChI is InChI=1S/C25H23Cl2FN6O4/c1-12(28)24(35)31-15-4-7-38-11-16(15)32-25-30-10-13-8-14(23-29-5-6-34(23)22(13)33-25)19-20(26)17(36-2)9-18(37-3)21(19)27/h5-6,8-10,15-16H,1,4,7,11H2,2-3H3,(H,31,35)(H,30,32,33)/t15-,16+/m1/s1. The van der Waals surface area contributed by atoms with E-state index in [1.165, 1.54) is 14.2 Å². The lowest BCUT2D eigenvalue weighted by atomic mass is 10.0. The molecule has 198 valence electrons. The van der Waals surface area contributed by atoms with Gasteiger partial charge >= 0.3 is 0 Å². The zero-order valence-electron chi connectivity index (χ0n) is 20.4. The summed E-state index contributed by atoms with van der Waals surface area (Å²) in [6.45, 7) is 3.76. The number of nitrogens with zero attached hydrogens (tertiary/aromatic N) is 4. The Hall–Kier alpha value is -3.67. The number of anilines is 1. The third kappa shape index (κ3) is 4.68. The van der Waals surface area contributed by atoms with Crippen LogP contribution >= 0.6 is 23.2 Å². The zero-order chi connectivity index (χ0) is 27.0. The lowest BCUT2D eigenvalue weighted by Crippen LogP contribution is -2.52. The highest BCUT2D eigenvalue weighted by Crippen LogP contribution is 2.47. The van der Waals surface area contributed by atoms with Crippen molar-refractivity contribution in [3.8, 4) is 22.6 Å². The minimum absolute atomic E-state index is 0.277. The SMILES string of the molecule is C=C(F)C(=O)N[C@@H]1CCOC[C@@H]1Nc1ncc2cc(-c3c(Cl)c(OC)cc(OC)c3Cl)c3nccn3c2n1. The highest BCUT2D eigenvalue weighted by Gasteiger charge is 2.29. The van der Waals surface area contributed by atoms with Gasteiger partial charge < -0.3 is 24.8 Å². The van der Waals surface area contributed by atoms with Gasteiger partial charge in [0, 0.05) is 47.8 Å². The molecule has 3 aromatic heterocycles. The molecule has 1 aliphatic rings. The molecule has 0 radical (unpaired) electrons. The molecule has 5 rings (SSSR count). The molecule has 0 spiro atoms. The van der Waals surface area contributed by atoms with Crippen LogP contribution in [0.1, 0.15) is 6.42 Å². The first-order valence-electron chi connectivity index (χ1n) is 11.5. The Morgan fingerprint density at radius 3 is 2.58 bits per heavy atom. The molecule has 1 aliphatic heterocycles. The first-order chi connectivity index (χ1) is 18.3. The van der Waals surface area contributed by atoms with Crippen LogP contribution < -0.4 is 20.1 Å². The number of methoxy groups -OCH3 is 2. The number of ether oxygens (including phenoxy) is 3. The number of rotatable bonds is 7. The summed E-state index contributed by atoms with van der Waals surface area (Å²) in [6.07, 6.45) is 5.53. The molecule has 4 heterocycles.